The molecule has 1 radical (unpaired) electrons. The molecule has 1 heteroatoms. The van der Waals surface area contributed by atoms with Crippen LogP contribution in [0.2, 0.25) is 0 Å². The van der Waals surface area contributed by atoms with Crippen molar-refractivity contribution in [1.82, 2.24) is 0 Å². The largest absolute Gasteiger partial charge is 0.290 e. The molecular weight excluding hydrogens is 280 g/mol. The monoisotopic (exact) mass is 293 g/mol. The Balaban J connectivity index is 2.23. The van der Waals surface area contributed by atoms with Gasteiger partial charge in [0.25, 0.3) is 0 Å². The van der Waals surface area contributed by atoms with Gasteiger partial charge in [0.15, 0.2) is 5.75 Å². The zero-order valence-corrected chi connectivity index (χ0v) is 12.4. The fraction of sp³-hybridized carbons (Fsp3) is 0. The third-order valence-electron chi connectivity index (χ3n) is 4.70. The lowest BCUT2D eigenvalue weighted by atomic mass is 9.91. The molecule has 0 aromatic heterocycles. The van der Waals surface area contributed by atoms with Gasteiger partial charge in [-0.3, -0.25) is 5.11 Å². The SMILES string of the molecule is [O]c1ccc2c3ccccc3c3ccc4ccccc4c3c2c1. The second kappa shape index (κ2) is 4.47. The summed E-state index contributed by atoms with van der Waals surface area (Å²) >= 11 is 0. The van der Waals surface area contributed by atoms with Gasteiger partial charge in [0.05, 0.1) is 0 Å². The quantitative estimate of drug-likeness (QED) is 0.293. The van der Waals surface area contributed by atoms with E-state index in [1.165, 1.54) is 32.3 Å². The van der Waals surface area contributed by atoms with Gasteiger partial charge in [-0.1, -0.05) is 60.7 Å². The Morgan fingerprint density at radius 3 is 1.91 bits per heavy atom. The predicted molar refractivity (Wildman–Crippen MR) is 96.6 cm³/mol. The Kier molecular flexibility index (Phi) is 2.42. The number of hydrogen-bond acceptors (Lipinski definition) is 0. The zero-order valence-electron chi connectivity index (χ0n) is 12.4. The predicted octanol–water partition coefficient (Wildman–Crippen LogP) is 6.44. The van der Waals surface area contributed by atoms with E-state index in [9.17, 15) is 5.11 Å². The summed E-state index contributed by atoms with van der Waals surface area (Å²) in [6, 6.07) is 26.5. The van der Waals surface area contributed by atoms with Gasteiger partial charge < -0.3 is 0 Å². The topological polar surface area (TPSA) is 19.9 Å². The lowest BCUT2D eigenvalue weighted by Crippen LogP contribution is -1.84. The molecule has 0 unspecified atom stereocenters. The van der Waals surface area contributed by atoms with E-state index in [4.69, 9.17) is 0 Å². The molecule has 5 aromatic rings. The normalized spacial score (nSPS) is 11.7. The Labute approximate surface area is 133 Å². The van der Waals surface area contributed by atoms with E-state index in [2.05, 4.69) is 60.7 Å². The van der Waals surface area contributed by atoms with Crippen LogP contribution in [0.25, 0.3) is 43.1 Å². The molecule has 0 heterocycles. The van der Waals surface area contributed by atoms with Crippen LogP contribution in [-0.4, -0.2) is 0 Å². The van der Waals surface area contributed by atoms with Gasteiger partial charge in [-0.15, -0.1) is 0 Å². The summed E-state index contributed by atoms with van der Waals surface area (Å²) in [5, 5.41) is 21.4. The molecule has 107 valence electrons. The highest BCUT2D eigenvalue weighted by Gasteiger charge is 2.11. The lowest BCUT2D eigenvalue weighted by Gasteiger charge is -2.12. The second-order valence-electron chi connectivity index (χ2n) is 5.96. The van der Waals surface area contributed by atoms with Crippen molar-refractivity contribution in [3.63, 3.8) is 0 Å². The van der Waals surface area contributed by atoms with Crippen molar-refractivity contribution in [2.24, 2.45) is 0 Å². The first kappa shape index (κ1) is 12.5. The summed E-state index contributed by atoms with van der Waals surface area (Å²) in [6.07, 6.45) is 0. The molecule has 5 aromatic carbocycles. The van der Waals surface area contributed by atoms with Gasteiger partial charge in [-0.05, 0) is 61.3 Å². The van der Waals surface area contributed by atoms with Crippen molar-refractivity contribution in [3.8, 4) is 5.75 Å². The summed E-state index contributed by atoms with van der Waals surface area (Å²) in [5.41, 5.74) is 0. The maximum Gasteiger partial charge on any atom is 0.179 e. The highest BCUT2D eigenvalue weighted by molar-refractivity contribution is 6.31. The number of rotatable bonds is 0. The average Bonchev–Trinajstić information content (AvgIpc) is 2.61. The van der Waals surface area contributed by atoms with Crippen molar-refractivity contribution in [1.29, 1.82) is 0 Å². The molecule has 1 nitrogen and oxygen atoms in total. The molecule has 0 aliphatic carbocycles. The van der Waals surface area contributed by atoms with Gasteiger partial charge in [0, 0.05) is 0 Å². The van der Waals surface area contributed by atoms with Crippen LogP contribution in [0.1, 0.15) is 0 Å². The average molecular weight is 293 g/mol. The standard InChI is InChI=1S/C22H13O/c23-15-10-12-19-17-7-3-4-8-18(17)20-11-9-14-5-1-2-6-16(14)22(20)21(19)13-15/h1-13H. The maximum atomic E-state index is 12.0. The summed E-state index contributed by atoms with van der Waals surface area (Å²) in [6.45, 7) is 0. The minimum absolute atomic E-state index is 0.0574. The molecule has 23 heavy (non-hydrogen) atoms. The highest BCUT2D eigenvalue weighted by Crippen LogP contribution is 2.39. The smallest absolute Gasteiger partial charge is 0.179 e. The summed E-state index contributed by atoms with van der Waals surface area (Å²) < 4.78 is 0. The van der Waals surface area contributed by atoms with Gasteiger partial charge in [-0.2, -0.15) is 0 Å². The van der Waals surface area contributed by atoms with Crippen LogP contribution >= 0.6 is 0 Å². The van der Waals surface area contributed by atoms with Crippen LogP contribution < -0.4 is 0 Å². The van der Waals surface area contributed by atoms with Crippen molar-refractivity contribution < 1.29 is 5.11 Å². The van der Waals surface area contributed by atoms with Crippen LogP contribution in [0.3, 0.4) is 0 Å². The molecule has 0 N–H and O–H groups in total. The summed E-state index contributed by atoms with van der Waals surface area (Å²) in [5.74, 6) is 0.0574. The van der Waals surface area contributed by atoms with Gasteiger partial charge in [-0.25, -0.2) is 0 Å². The fourth-order valence-electron chi connectivity index (χ4n) is 3.70. The Hall–Kier alpha value is -3.06. The van der Waals surface area contributed by atoms with E-state index in [0.717, 1.165) is 10.8 Å². The molecule has 5 rings (SSSR count). The van der Waals surface area contributed by atoms with Gasteiger partial charge in [0.1, 0.15) is 0 Å². The van der Waals surface area contributed by atoms with Crippen molar-refractivity contribution in [2.45, 2.75) is 0 Å². The first-order valence-electron chi connectivity index (χ1n) is 7.76. The number of hydrogen-bond donors (Lipinski definition) is 0. The van der Waals surface area contributed by atoms with Crippen LogP contribution in [-0.2, 0) is 5.11 Å². The summed E-state index contributed by atoms with van der Waals surface area (Å²) in [4.78, 5) is 0. The Bertz CT molecular complexity index is 1220. The number of benzene rings is 5. The minimum atomic E-state index is 0.0574. The third-order valence-corrected chi connectivity index (χ3v) is 4.70. The van der Waals surface area contributed by atoms with E-state index in [0.29, 0.717) is 0 Å². The minimum Gasteiger partial charge on any atom is -0.290 e. The van der Waals surface area contributed by atoms with E-state index >= 15 is 0 Å². The first-order valence-corrected chi connectivity index (χ1v) is 7.76. The fourth-order valence-corrected chi connectivity index (χ4v) is 3.70. The zero-order chi connectivity index (χ0) is 15.4. The molecule has 0 saturated heterocycles. The van der Waals surface area contributed by atoms with Crippen LogP contribution in [0.4, 0.5) is 0 Å². The van der Waals surface area contributed by atoms with E-state index in [1.54, 1.807) is 12.1 Å². The Morgan fingerprint density at radius 2 is 1.09 bits per heavy atom. The van der Waals surface area contributed by atoms with Crippen LogP contribution in [0, 0.1) is 0 Å². The van der Waals surface area contributed by atoms with E-state index in [-0.39, 0.29) is 5.75 Å². The molecule has 0 atom stereocenters. The first-order chi connectivity index (χ1) is 11.3. The van der Waals surface area contributed by atoms with Gasteiger partial charge >= 0.3 is 0 Å². The molecular formula is C22H13O. The molecule has 0 fully saturated rings. The molecule has 0 saturated carbocycles. The Morgan fingerprint density at radius 1 is 0.478 bits per heavy atom. The molecule has 0 aliphatic heterocycles. The second-order valence-corrected chi connectivity index (χ2v) is 5.96. The van der Waals surface area contributed by atoms with Crippen molar-refractivity contribution in [3.05, 3.63) is 78.9 Å². The van der Waals surface area contributed by atoms with Crippen molar-refractivity contribution in [2.75, 3.05) is 0 Å². The molecule has 0 bridgehead atoms. The van der Waals surface area contributed by atoms with Crippen molar-refractivity contribution >= 4 is 43.1 Å². The molecule has 0 aliphatic rings. The van der Waals surface area contributed by atoms with E-state index in [1.807, 2.05) is 6.07 Å². The molecule has 0 amide bonds. The number of fused-ring (bicyclic) bond motifs is 8. The molecule has 0 spiro atoms. The summed E-state index contributed by atoms with van der Waals surface area (Å²) in [7, 11) is 0. The van der Waals surface area contributed by atoms with E-state index < -0.39 is 0 Å². The lowest BCUT2D eigenvalue weighted by molar-refractivity contribution is 0.355. The van der Waals surface area contributed by atoms with Crippen LogP contribution in [0.15, 0.2) is 78.9 Å². The van der Waals surface area contributed by atoms with Crippen LogP contribution in [0.5, 0.6) is 5.75 Å². The highest BCUT2D eigenvalue weighted by atomic mass is 16.3. The maximum absolute atomic E-state index is 12.0. The van der Waals surface area contributed by atoms with Gasteiger partial charge in [0.2, 0.25) is 0 Å². The third kappa shape index (κ3) is 1.68.